The van der Waals surface area contributed by atoms with Gasteiger partial charge in [0.25, 0.3) is 0 Å². The van der Waals surface area contributed by atoms with Crippen LogP contribution in [0.3, 0.4) is 0 Å². The number of hydrogen-bond acceptors (Lipinski definition) is 7. The first-order valence-electron chi connectivity index (χ1n) is 10.9. The average Bonchev–Trinajstić information content (AvgIpc) is 2.77. The Balaban J connectivity index is 1.36. The summed E-state index contributed by atoms with van der Waals surface area (Å²) < 4.78 is 0. The molecule has 0 aromatic carbocycles. The van der Waals surface area contributed by atoms with E-state index >= 15 is 0 Å². The minimum absolute atomic E-state index is 0.290. The van der Waals surface area contributed by atoms with Crippen molar-refractivity contribution in [2.75, 3.05) is 62.6 Å². The van der Waals surface area contributed by atoms with E-state index in [1.807, 2.05) is 11.0 Å². The van der Waals surface area contributed by atoms with E-state index < -0.39 is 0 Å². The molecule has 2 aliphatic rings. The van der Waals surface area contributed by atoms with Crippen LogP contribution in [0.2, 0.25) is 0 Å². The summed E-state index contributed by atoms with van der Waals surface area (Å²) in [6, 6.07) is 4.21. The lowest BCUT2D eigenvalue weighted by Crippen LogP contribution is -2.48. The molecule has 0 radical (unpaired) electrons. The number of rotatable bonds is 8. The number of nitriles is 1. The molecule has 158 valence electrons. The number of piperidine rings is 1. The molecular weight excluding hydrogens is 366 g/mol. The van der Waals surface area contributed by atoms with Crippen LogP contribution in [0.25, 0.3) is 0 Å². The van der Waals surface area contributed by atoms with Gasteiger partial charge in [-0.3, -0.25) is 9.69 Å². The van der Waals surface area contributed by atoms with Crippen LogP contribution in [0.15, 0.2) is 12.4 Å². The second-order valence-electron chi connectivity index (χ2n) is 7.89. The van der Waals surface area contributed by atoms with Crippen molar-refractivity contribution in [1.82, 2.24) is 19.8 Å². The maximum Gasteiger partial charge on any atom is 0.222 e. The third-order valence-electron chi connectivity index (χ3n) is 5.98. The molecule has 3 heterocycles. The number of carbonyl (C=O) groups is 1. The van der Waals surface area contributed by atoms with Crippen LogP contribution in [0.4, 0.5) is 11.6 Å². The highest BCUT2D eigenvalue weighted by atomic mass is 16.2. The first-order valence-corrected chi connectivity index (χ1v) is 10.9. The third kappa shape index (κ3) is 6.29. The number of amides is 1. The van der Waals surface area contributed by atoms with Crippen LogP contribution in [0.5, 0.6) is 0 Å². The fourth-order valence-electron chi connectivity index (χ4n) is 4.16. The van der Waals surface area contributed by atoms with Gasteiger partial charge in [-0.1, -0.05) is 0 Å². The van der Waals surface area contributed by atoms with Crippen LogP contribution in [-0.4, -0.2) is 78.0 Å². The quantitative estimate of drug-likeness (QED) is 0.715. The molecule has 0 saturated carbocycles. The number of piperazine rings is 1. The Kier molecular flexibility index (Phi) is 8.05. The minimum atomic E-state index is 0.290. The number of hydrogen-bond donors (Lipinski definition) is 1. The van der Waals surface area contributed by atoms with Gasteiger partial charge in [0.15, 0.2) is 0 Å². The number of anilines is 2. The van der Waals surface area contributed by atoms with E-state index in [1.54, 1.807) is 6.33 Å². The van der Waals surface area contributed by atoms with Crippen molar-refractivity contribution in [1.29, 1.82) is 5.26 Å². The molecule has 0 unspecified atom stereocenters. The van der Waals surface area contributed by atoms with Gasteiger partial charge in [-0.25, -0.2) is 9.97 Å². The Labute approximate surface area is 173 Å². The van der Waals surface area contributed by atoms with Gasteiger partial charge in [0, 0.05) is 71.3 Å². The van der Waals surface area contributed by atoms with Gasteiger partial charge < -0.3 is 15.1 Å². The molecule has 1 amide bonds. The predicted molar refractivity (Wildman–Crippen MR) is 114 cm³/mol. The molecule has 8 heteroatoms. The number of nitrogens with one attached hydrogen (secondary N) is 1. The van der Waals surface area contributed by atoms with E-state index in [0.29, 0.717) is 24.7 Å². The van der Waals surface area contributed by atoms with Crippen molar-refractivity contribution >= 4 is 17.5 Å². The molecule has 0 spiro atoms. The van der Waals surface area contributed by atoms with Gasteiger partial charge in [0.2, 0.25) is 5.91 Å². The number of carbonyl (C=O) groups excluding carboxylic acids is 1. The molecule has 29 heavy (non-hydrogen) atoms. The Morgan fingerprint density at radius 2 is 1.97 bits per heavy atom. The summed E-state index contributed by atoms with van der Waals surface area (Å²) in [6.07, 6.45) is 6.04. The number of aromatic nitrogens is 2. The van der Waals surface area contributed by atoms with Crippen molar-refractivity contribution in [2.45, 2.75) is 39.0 Å². The van der Waals surface area contributed by atoms with E-state index in [2.05, 4.69) is 38.1 Å². The molecular formula is C21H33N7O. The zero-order valence-corrected chi connectivity index (χ0v) is 17.5. The summed E-state index contributed by atoms with van der Waals surface area (Å²) in [7, 11) is 0. The molecule has 0 aliphatic carbocycles. The third-order valence-corrected chi connectivity index (χ3v) is 5.98. The van der Waals surface area contributed by atoms with E-state index in [4.69, 9.17) is 5.26 Å². The summed E-state index contributed by atoms with van der Waals surface area (Å²) in [5.41, 5.74) is 0. The second-order valence-corrected chi connectivity index (χ2v) is 7.89. The van der Waals surface area contributed by atoms with Crippen molar-refractivity contribution in [3.05, 3.63) is 12.4 Å². The zero-order chi connectivity index (χ0) is 20.5. The SMILES string of the molecule is CCNc1cc(N2CCC(CCC(=O)N3CCN(CCC#N)CC3)CC2)ncn1. The fourth-order valence-corrected chi connectivity index (χ4v) is 4.16. The highest BCUT2D eigenvalue weighted by Crippen LogP contribution is 2.26. The monoisotopic (exact) mass is 399 g/mol. The predicted octanol–water partition coefficient (Wildman–Crippen LogP) is 1.96. The lowest BCUT2D eigenvalue weighted by molar-refractivity contribution is -0.133. The van der Waals surface area contributed by atoms with Crippen LogP contribution in [-0.2, 0) is 4.79 Å². The fraction of sp³-hybridized carbons (Fsp3) is 0.714. The van der Waals surface area contributed by atoms with Crippen molar-refractivity contribution in [3.8, 4) is 6.07 Å². The molecule has 3 rings (SSSR count). The summed E-state index contributed by atoms with van der Waals surface area (Å²) in [5, 5.41) is 11.9. The molecule has 0 atom stereocenters. The Bertz CT molecular complexity index is 689. The van der Waals surface area contributed by atoms with Crippen LogP contribution >= 0.6 is 0 Å². The smallest absolute Gasteiger partial charge is 0.222 e. The normalized spacial score (nSPS) is 18.5. The standard InChI is InChI=1S/C21H33N7O/c1-2-23-19-16-20(25-17-24-19)27-10-6-18(7-11-27)4-5-21(29)28-14-12-26(13-15-28)9-3-8-22/h16-18H,2-7,9-15H2,1H3,(H,23,24,25). The van der Waals surface area contributed by atoms with Gasteiger partial charge in [-0.05, 0) is 32.1 Å². The van der Waals surface area contributed by atoms with Crippen LogP contribution in [0.1, 0.15) is 39.0 Å². The van der Waals surface area contributed by atoms with Crippen LogP contribution in [0, 0.1) is 17.2 Å². The Hall–Kier alpha value is -2.40. The first-order chi connectivity index (χ1) is 14.2. The maximum absolute atomic E-state index is 12.6. The largest absolute Gasteiger partial charge is 0.370 e. The lowest BCUT2D eigenvalue weighted by Gasteiger charge is -2.35. The van der Waals surface area contributed by atoms with Gasteiger partial charge >= 0.3 is 0 Å². The molecule has 1 aromatic heterocycles. The van der Waals surface area contributed by atoms with E-state index in [-0.39, 0.29) is 0 Å². The molecule has 1 N–H and O–H groups in total. The topological polar surface area (TPSA) is 88.4 Å². The highest BCUT2D eigenvalue weighted by molar-refractivity contribution is 5.76. The number of nitrogens with zero attached hydrogens (tertiary/aromatic N) is 6. The van der Waals surface area contributed by atoms with Crippen molar-refractivity contribution in [3.63, 3.8) is 0 Å². The van der Waals surface area contributed by atoms with E-state index in [1.165, 1.54) is 0 Å². The van der Waals surface area contributed by atoms with Gasteiger partial charge in [-0.15, -0.1) is 0 Å². The zero-order valence-electron chi connectivity index (χ0n) is 17.5. The van der Waals surface area contributed by atoms with Crippen molar-refractivity contribution in [2.24, 2.45) is 5.92 Å². The molecule has 2 aliphatic heterocycles. The van der Waals surface area contributed by atoms with E-state index in [9.17, 15) is 4.79 Å². The average molecular weight is 400 g/mol. The van der Waals surface area contributed by atoms with Gasteiger partial charge in [0.05, 0.1) is 6.07 Å². The van der Waals surface area contributed by atoms with E-state index in [0.717, 1.165) is 83.3 Å². The minimum Gasteiger partial charge on any atom is -0.370 e. The maximum atomic E-state index is 12.6. The molecule has 8 nitrogen and oxygen atoms in total. The lowest BCUT2D eigenvalue weighted by atomic mass is 9.92. The first kappa shape index (κ1) is 21.3. The van der Waals surface area contributed by atoms with Gasteiger partial charge in [-0.2, -0.15) is 5.26 Å². The molecule has 0 bridgehead atoms. The highest BCUT2D eigenvalue weighted by Gasteiger charge is 2.24. The second kappa shape index (κ2) is 11.0. The summed E-state index contributed by atoms with van der Waals surface area (Å²) in [4.78, 5) is 27.8. The van der Waals surface area contributed by atoms with Gasteiger partial charge in [0.1, 0.15) is 18.0 Å². The Morgan fingerprint density at radius 1 is 1.21 bits per heavy atom. The van der Waals surface area contributed by atoms with Crippen LogP contribution < -0.4 is 10.2 Å². The molecule has 1 aromatic rings. The molecule has 2 fully saturated rings. The Morgan fingerprint density at radius 3 is 2.66 bits per heavy atom. The molecule has 2 saturated heterocycles. The summed E-state index contributed by atoms with van der Waals surface area (Å²) in [6.45, 7) is 9.07. The summed E-state index contributed by atoms with van der Waals surface area (Å²) >= 11 is 0. The summed E-state index contributed by atoms with van der Waals surface area (Å²) in [5.74, 6) is 2.76. The van der Waals surface area contributed by atoms with Crippen molar-refractivity contribution < 1.29 is 4.79 Å².